The van der Waals surface area contributed by atoms with Crippen molar-refractivity contribution in [3.05, 3.63) is 64.2 Å². The molecule has 0 saturated carbocycles. The SMILES string of the molecule is O=[N+]([O-])c1ccc(CC([N+](=O)[O-])[N+](=O)[O-])c([N+](=O)[O-])c1. The molecule has 1 rings (SSSR count). The van der Waals surface area contributed by atoms with Gasteiger partial charge in [-0.2, -0.15) is 0 Å². The van der Waals surface area contributed by atoms with Crippen molar-refractivity contribution in [3.63, 3.8) is 0 Å². The largest absolute Gasteiger partial charge is 0.454 e. The average molecular weight is 286 g/mol. The Morgan fingerprint density at radius 2 is 1.45 bits per heavy atom. The summed E-state index contributed by atoms with van der Waals surface area (Å²) in [5.74, 6) is 0. The van der Waals surface area contributed by atoms with Crippen LogP contribution in [-0.4, -0.2) is 25.9 Å². The van der Waals surface area contributed by atoms with E-state index in [1.807, 2.05) is 0 Å². The quantitative estimate of drug-likeness (QED) is 0.421. The first-order chi connectivity index (χ1) is 9.23. The zero-order valence-electron chi connectivity index (χ0n) is 9.57. The van der Waals surface area contributed by atoms with Crippen molar-refractivity contribution >= 4 is 11.4 Å². The fourth-order valence-electron chi connectivity index (χ4n) is 1.43. The van der Waals surface area contributed by atoms with Crippen LogP contribution in [0.3, 0.4) is 0 Å². The molecule has 0 bridgehead atoms. The molecule has 0 saturated heterocycles. The smallest absolute Gasteiger partial charge is 0.259 e. The van der Waals surface area contributed by atoms with Gasteiger partial charge in [-0.1, -0.05) is 0 Å². The minimum Gasteiger partial charge on any atom is -0.259 e. The van der Waals surface area contributed by atoms with Gasteiger partial charge < -0.3 is 0 Å². The Kier molecular flexibility index (Phi) is 4.20. The molecule has 0 amide bonds. The summed E-state index contributed by atoms with van der Waals surface area (Å²) in [5.41, 5.74) is -1.67. The van der Waals surface area contributed by atoms with E-state index in [0.29, 0.717) is 6.07 Å². The van der Waals surface area contributed by atoms with Crippen LogP contribution in [-0.2, 0) is 6.42 Å². The third-order valence-corrected chi connectivity index (χ3v) is 2.37. The van der Waals surface area contributed by atoms with Gasteiger partial charge in [-0.3, -0.25) is 40.5 Å². The van der Waals surface area contributed by atoms with E-state index in [1.165, 1.54) is 0 Å². The summed E-state index contributed by atoms with van der Waals surface area (Å²) in [6.07, 6.45) is -3.09. The summed E-state index contributed by atoms with van der Waals surface area (Å²) < 4.78 is 0. The number of non-ortho nitro benzene ring substituents is 1. The van der Waals surface area contributed by atoms with Crippen molar-refractivity contribution in [2.75, 3.05) is 0 Å². The third kappa shape index (κ3) is 3.18. The van der Waals surface area contributed by atoms with Crippen molar-refractivity contribution in [2.24, 2.45) is 0 Å². The molecule has 0 aliphatic rings. The van der Waals surface area contributed by atoms with Gasteiger partial charge >= 0.3 is 6.17 Å². The molecule has 20 heavy (non-hydrogen) atoms. The predicted molar refractivity (Wildman–Crippen MR) is 61.2 cm³/mol. The highest BCUT2D eigenvalue weighted by Gasteiger charge is 2.35. The standard InChI is InChI=1S/C8H6N4O8/c13-9(14)6-2-1-5(7(4-6)10(15)16)3-8(11(17)18)12(19)20/h1-2,4,8H,3H2. The van der Waals surface area contributed by atoms with Gasteiger partial charge in [0.2, 0.25) is 0 Å². The zero-order valence-corrected chi connectivity index (χ0v) is 9.57. The molecule has 0 unspecified atom stereocenters. The number of nitrogens with zero attached hydrogens (tertiary/aromatic N) is 4. The molecule has 0 aromatic heterocycles. The summed E-state index contributed by atoms with van der Waals surface area (Å²) in [7, 11) is 0. The first kappa shape index (κ1) is 14.9. The number of benzene rings is 1. The summed E-state index contributed by atoms with van der Waals surface area (Å²) in [6, 6.07) is 2.39. The molecule has 106 valence electrons. The van der Waals surface area contributed by atoms with E-state index in [4.69, 9.17) is 0 Å². The van der Waals surface area contributed by atoms with Gasteiger partial charge in [0.15, 0.2) is 0 Å². The van der Waals surface area contributed by atoms with Gasteiger partial charge in [0, 0.05) is 11.6 Å². The van der Waals surface area contributed by atoms with Crippen molar-refractivity contribution in [1.82, 2.24) is 0 Å². The number of hydrogen-bond acceptors (Lipinski definition) is 8. The van der Waals surface area contributed by atoms with E-state index < -0.39 is 43.7 Å². The summed E-state index contributed by atoms with van der Waals surface area (Å²) in [5, 5.41) is 42.2. The van der Waals surface area contributed by atoms with Gasteiger partial charge in [0.25, 0.3) is 11.4 Å². The highest BCUT2D eigenvalue weighted by molar-refractivity contribution is 5.49. The van der Waals surface area contributed by atoms with Crippen LogP contribution in [0.25, 0.3) is 0 Å². The minimum atomic E-state index is -2.25. The maximum Gasteiger partial charge on any atom is 0.454 e. The van der Waals surface area contributed by atoms with Crippen LogP contribution in [0.2, 0.25) is 0 Å². The average Bonchev–Trinajstić information content (AvgIpc) is 2.34. The maximum absolute atomic E-state index is 10.8. The molecule has 0 fully saturated rings. The molecule has 0 radical (unpaired) electrons. The van der Waals surface area contributed by atoms with Gasteiger partial charge in [0.1, 0.15) is 6.42 Å². The summed E-state index contributed by atoms with van der Waals surface area (Å²) >= 11 is 0. The molecule has 0 atom stereocenters. The van der Waals surface area contributed by atoms with Crippen LogP contribution in [0.4, 0.5) is 11.4 Å². The van der Waals surface area contributed by atoms with Crippen molar-refractivity contribution in [3.8, 4) is 0 Å². The van der Waals surface area contributed by atoms with Gasteiger partial charge in [0.05, 0.1) is 25.8 Å². The van der Waals surface area contributed by atoms with E-state index in [0.717, 1.165) is 12.1 Å². The van der Waals surface area contributed by atoms with Crippen LogP contribution in [0.5, 0.6) is 0 Å². The molecule has 0 aliphatic carbocycles. The Morgan fingerprint density at radius 3 is 1.85 bits per heavy atom. The topological polar surface area (TPSA) is 173 Å². The molecule has 1 aromatic rings. The molecule has 12 heteroatoms. The Balaban J connectivity index is 3.24. The second kappa shape index (κ2) is 5.64. The van der Waals surface area contributed by atoms with Crippen LogP contribution in [0.1, 0.15) is 5.56 Å². The van der Waals surface area contributed by atoms with Crippen LogP contribution < -0.4 is 0 Å². The van der Waals surface area contributed by atoms with Crippen LogP contribution in [0.15, 0.2) is 18.2 Å². The molecule has 0 N–H and O–H groups in total. The van der Waals surface area contributed by atoms with Crippen molar-refractivity contribution in [2.45, 2.75) is 12.6 Å². The molecule has 0 heterocycles. The molecule has 0 aliphatic heterocycles. The lowest BCUT2D eigenvalue weighted by Gasteiger charge is -2.03. The van der Waals surface area contributed by atoms with Gasteiger partial charge in [-0.15, -0.1) is 0 Å². The second-order valence-corrected chi connectivity index (χ2v) is 3.58. The fraction of sp³-hybridized carbons (Fsp3) is 0.250. The van der Waals surface area contributed by atoms with Crippen molar-refractivity contribution in [1.29, 1.82) is 0 Å². The number of hydrogen-bond donors (Lipinski definition) is 0. The molecule has 0 spiro atoms. The third-order valence-electron chi connectivity index (χ3n) is 2.37. The van der Waals surface area contributed by atoms with Gasteiger partial charge in [-0.25, -0.2) is 0 Å². The predicted octanol–water partition coefficient (Wildman–Crippen LogP) is 0.925. The molecule has 12 nitrogen and oxygen atoms in total. The first-order valence-electron chi connectivity index (χ1n) is 4.92. The Morgan fingerprint density at radius 1 is 0.900 bits per heavy atom. The molecule has 1 aromatic carbocycles. The maximum atomic E-state index is 10.8. The van der Waals surface area contributed by atoms with Crippen LogP contribution >= 0.6 is 0 Å². The van der Waals surface area contributed by atoms with Crippen LogP contribution in [0, 0.1) is 40.5 Å². The van der Waals surface area contributed by atoms with E-state index >= 15 is 0 Å². The summed E-state index contributed by atoms with van der Waals surface area (Å²) in [4.78, 5) is 38.0. The Hall–Kier alpha value is -3.18. The van der Waals surface area contributed by atoms with E-state index in [2.05, 4.69) is 0 Å². The lowest BCUT2D eigenvalue weighted by Crippen LogP contribution is -2.31. The zero-order chi connectivity index (χ0) is 15.4. The Labute approximate surface area is 109 Å². The highest BCUT2D eigenvalue weighted by atomic mass is 16.7. The minimum absolute atomic E-state index is 0.320. The highest BCUT2D eigenvalue weighted by Crippen LogP contribution is 2.26. The second-order valence-electron chi connectivity index (χ2n) is 3.58. The fourth-order valence-corrected chi connectivity index (χ4v) is 1.43. The monoisotopic (exact) mass is 286 g/mol. The first-order valence-corrected chi connectivity index (χ1v) is 4.92. The van der Waals surface area contributed by atoms with Gasteiger partial charge in [-0.05, 0) is 6.07 Å². The summed E-state index contributed by atoms with van der Waals surface area (Å²) in [6.45, 7) is 0. The number of nitro benzene ring substituents is 2. The van der Waals surface area contributed by atoms with E-state index in [-0.39, 0.29) is 5.56 Å². The lowest BCUT2D eigenvalue weighted by molar-refractivity contribution is -0.741. The molecular weight excluding hydrogens is 280 g/mol. The number of rotatable bonds is 6. The van der Waals surface area contributed by atoms with E-state index in [9.17, 15) is 40.5 Å². The lowest BCUT2D eigenvalue weighted by atomic mass is 10.1. The Bertz CT molecular complexity index is 586. The molecular formula is C8H6N4O8. The normalized spacial score (nSPS) is 10.2. The van der Waals surface area contributed by atoms with E-state index in [1.54, 1.807) is 0 Å². The van der Waals surface area contributed by atoms with Crippen molar-refractivity contribution < 1.29 is 19.7 Å². The number of nitro groups is 4.